The Morgan fingerprint density at radius 1 is 1.39 bits per heavy atom. The van der Waals surface area contributed by atoms with E-state index >= 15 is 0 Å². The molecule has 1 amide bonds. The number of hydrogen-bond donors (Lipinski definition) is 2. The first kappa shape index (κ1) is 17.6. The van der Waals surface area contributed by atoms with Crippen molar-refractivity contribution in [1.82, 2.24) is 5.32 Å². The molecule has 2 rings (SSSR count). The summed E-state index contributed by atoms with van der Waals surface area (Å²) < 4.78 is 38.3. The number of rotatable bonds is 4. The Morgan fingerprint density at radius 2 is 2.13 bits per heavy atom. The van der Waals surface area contributed by atoms with Crippen LogP contribution in [0.4, 0.5) is 13.2 Å². The van der Waals surface area contributed by atoms with Gasteiger partial charge in [0.1, 0.15) is 0 Å². The standard InChI is InChI=1S/C16H15ClF3NO2/c17-14-5-2-10(8-13(14)16(18,19)20)3-6-15(23)21-12-4-1-11(7-12)9-22/h1-6,8,11-12,22H,7,9H2,(H,21,23)/b6-3+/t11-,12+/m0/s1. The number of aliphatic hydroxyl groups excluding tert-OH is 1. The highest BCUT2D eigenvalue weighted by molar-refractivity contribution is 6.31. The SMILES string of the molecule is O=C(/C=C/c1ccc(Cl)c(C(F)(F)F)c1)N[C@@H]1C=C[C@H](CO)C1. The molecule has 3 nitrogen and oxygen atoms in total. The maximum Gasteiger partial charge on any atom is 0.417 e. The quantitative estimate of drug-likeness (QED) is 0.649. The average molecular weight is 346 g/mol. The summed E-state index contributed by atoms with van der Waals surface area (Å²) in [6.45, 7) is 0.0176. The summed E-state index contributed by atoms with van der Waals surface area (Å²) in [6.07, 6.45) is 2.14. The van der Waals surface area contributed by atoms with Gasteiger partial charge < -0.3 is 10.4 Å². The molecule has 2 N–H and O–H groups in total. The van der Waals surface area contributed by atoms with E-state index in [1.54, 1.807) is 6.08 Å². The van der Waals surface area contributed by atoms with Crippen LogP contribution in [0, 0.1) is 5.92 Å². The van der Waals surface area contributed by atoms with Crippen molar-refractivity contribution in [2.24, 2.45) is 5.92 Å². The third kappa shape index (κ3) is 4.84. The largest absolute Gasteiger partial charge is 0.417 e. The van der Waals surface area contributed by atoms with Crippen molar-refractivity contribution in [3.05, 3.63) is 52.6 Å². The highest BCUT2D eigenvalue weighted by atomic mass is 35.5. The van der Waals surface area contributed by atoms with E-state index in [-0.39, 0.29) is 29.2 Å². The van der Waals surface area contributed by atoms with Crippen LogP contribution < -0.4 is 5.32 Å². The Morgan fingerprint density at radius 3 is 2.74 bits per heavy atom. The Kier molecular flexibility index (Phi) is 5.49. The van der Waals surface area contributed by atoms with Crippen molar-refractivity contribution in [1.29, 1.82) is 0 Å². The molecule has 0 heterocycles. The molecule has 0 saturated carbocycles. The number of amides is 1. The fourth-order valence-electron chi connectivity index (χ4n) is 2.28. The third-order valence-electron chi connectivity index (χ3n) is 3.46. The first-order valence-electron chi connectivity index (χ1n) is 6.94. The van der Waals surface area contributed by atoms with E-state index in [1.165, 1.54) is 18.2 Å². The number of carbonyl (C=O) groups is 1. The van der Waals surface area contributed by atoms with Crippen molar-refractivity contribution in [2.75, 3.05) is 6.61 Å². The average Bonchev–Trinajstić information content (AvgIpc) is 2.92. The molecule has 2 atom stereocenters. The minimum absolute atomic E-state index is 0.0176. The lowest BCUT2D eigenvalue weighted by atomic mass is 10.1. The molecule has 0 radical (unpaired) electrons. The van der Waals surface area contributed by atoms with Crippen LogP contribution in [0.2, 0.25) is 5.02 Å². The number of nitrogens with one attached hydrogen (secondary N) is 1. The number of alkyl halides is 3. The molecule has 1 aromatic carbocycles. The molecule has 1 aromatic rings. The summed E-state index contributed by atoms with van der Waals surface area (Å²) in [5.41, 5.74) is -0.710. The van der Waals surface area contributed by atoms with Crippen molar-refractivity contribution < 1.29 is 23.1 Å². The molecule has 0 aromatic heterocycles. The van der Waals surface area contributed by atoms with Crippen LogP contribution >= 0.6 is 11.6 Å². The van der Waals surface area contributed by atoms with Crippen molar-refractivity contribution >= 4 is 23.6 Å². The van der Waals surface area contributed by atoms with Gasteiger partial charge in [0.2, 0.25) is 5.91 Å². The van der Waals surface area contributed by atoms with Crippen LogP contribution in [-0.4, -0.2) is 23.7 Å². The second-order valence-corrected chi connectivity index (χ2v) is 5.66. The zero-order valence-corrected chi connectivity index (χ0v) is 12.7. The second-order valence-electron chi connectivity index (χ2n) is 5.25. The summed E-state index contributed by atoms with van der Waals surface area (Å²) in [7, 11) is 0. The normalized spacial score (nSPS) is 21.1. The summed E-state index contributed by atoms with van der Waals surface area (Å²) in [4.78, 5) is 11.8. The number of benzene rings is 1. The van der Waals surface area contributed by atoms with Crippen LogP contribution in [0.5, 0.6) is 0 Å². The van der Waals surface area contributed by atoms with Gasteiger partial charge in [0.25, 0.3) is 0 Å². The van der Waals surface area contributed by atoms with E-state index in [4.69, 9.17) is 16.7 Å². The number of hydrogen-bond acceptors (Lipinski definition) is 2. The summed E-state index contributed by atoms with van der Waals surface area (Å²) in [5.74, 6) is -0.392. The van der Waals surface area contributed by atoms with E-state index in [1.807, 2.05) is 6.08 Å². The van der Waals surface area contributed by atoms with Crippen LogP contribution in [0.1, 0.15) is 17.5 Å². The smallest absolute Gasteiger partial charge is 0.396 e. The maximum atomic E-state index is 12.8. The second kappa shape index (κ2) is 7.19. The minimum Gasteiger partial charge on any atom is -0.396 e. The lowest BCUT2D eigenvalue weighted by molar-refractivity contribution is -0.137. The molecule has 0 aliphatic heterocycles. The van der Waals surface area contributed by atoms with E-state index < -0.39 is 17.6 Å². The Bertz CT molecular complexity index is 641. The van der Waals surface area contributed by atoms with E-state index in [0.29, 0.717) is 6.42 Å². The third-order valence-corrected chi connectivity index (χ3v) is 3.79. The summed E-state index contributed by atoms with van der Waals surface area (Å²) in [6, 6.07) is 3.26. The molecule has 0 bridgehead atoms. The maximum absolute atomic E-state index is 12.8. The Balaban J connectivity index is 2.00. The first-order chi connectivity index (χ1) is 10.8. The first-order valence-corrected chi connectivity index (χ1v) is 7.32. The van der Waals surface area contributed by atoms with E-state index in [9.17, 15) is 18.0 Å². The Labute approximate surface area is 136 Å². The van der Waals surface area contributed by atoms with Gasteiger partial charge in [0.05, 0.1) is 10.6 Å². The van der Waals surface area contributed by atoms with Gasteiger partial charge in [0.15, 0.2) is 0 Å². The fraction of sp³-hybridized carbons (Fsp3) is 0.312. The van der Waals surface area contributed by atoms with Crippen molar-refractivity contribution in [3.8, 4) is 0 Å². The van der Waals surface area contributed by atoms with Crippen LogP contribution in [0.25, 0.3) is 6.08 Å². The van der Waals surface area contributed by atoms with Crippen LogP contribution in [-0.2, 0) is 11.0 Å². The molecule has 0 unspecified atom stereocenters. The lowest BCUT2D eigenvalue weighted by Crippen LogP contribution is -2.31. The van der Waals surface area contributed by atoms with Crippen molar-refractivity contribution in [2.45, 2.75) is 18.6 Å². The molecule has 124 valence electrons. The lowest BCUT2D eigenvalue weighted by Gasteiger charge is -2.11. The van der Waals surface area contributed by atoms with Gasteiger partial charge in [-0.05, 0) is 30.2 Å². The molecule has 0 saturated heterocycles. The molecule has 1 aliphatic rings. The minimum atomic E-state index is -4.54. The van der Waals surface area contributed by atoms with Crippen LogP contribution in [0.3, 0.4) is 0 Å². The zero-order valence-electron chi connectivity index (χ0n) is 12.0. The number of carbonyl (C=O) groups excluding carboxylic acids is 1. The van der Waals surface area contributed by atoms with Gasteiger partial charge in [-0.1, -0.05) is 29.8 Å². The number of halogens is 4. The van der Waals surface area contributed by atoms with Gasteiger partial charge in [-0.15, -0.1) is 0 Å². The monoisotopic (exact) mass is 345 g/mol. The molecular weight excluding hydrogens is 331 g/mol. The topological polar surface area (TPSA) is 49.3 Å². The van der Waals surface area contributed by atoms with Crippen molar-refractivity contribution in [3.63, 3.8) is 0 Å². The van der Waals surface area contributed by atoms with E-state index in [2.05, 4.69) is 5.32 Å². The van der Waals surface area contributed by atoms with Gasteiger partial charge in [0, 0.05) is 24.6 Å². The highest BCUT2D eigenvalue weighted by Crippen LogP contribution is 2.35. The van der Waals surface area contributed by atoms with Gasteiger partial charge in [-0.3, -0.25) is 4.79 Å². The fourth-order valence-corrected chi connectivity index (χ4v) is 2.51. The molecule has 0 spiro atoms. The summed E-state index contributed by atoms with van der Waals surface area (Å²) in [5, 5.41) is 11.3. The molecule has 1 aliphatic carbocycles. The Hall–Kier alpha value is -1.79. The number of aliphatic hydroxyl groups is 1. The van der Waals surface area contributed by atoms with E-state index in [0.717, 1.165) is 12.1 Å². The molecule has 7 heteroatoms. The predicted molar refractivity (Wildman–Crippen MR) is 81.8 cm³/mol. The molecular formula is C16H15ClF3NO2. The zero-order chi connectivity index (χ0) is 17.0. The van der Waals surface area contributed by atoms with Gasteiger partial charge >= 0.3 is 6.18 Å². The van der Waals surface area contributed by atoms with Gasteiger partial charge in [-0.25, -0.2) is 0 Å². The van der Waals surface area contributed by atoms with Gasteiger partial charge in [-0.2, -0.15) is 13.2 Å². The predicted octanol–water partition coefficient (Wildman–Crippen LogP) is 3.43. The summed E-state index contributed by atoms with van der Waals surface area (Å²) >= 11 is 5.53. The highest BCUT2D eigenvalue weighted by Gasteiger charge is 2.33. The molecule has 0 fully saturated rings. The molecule has 23 heavy (non-hydrogen) atoms. The van der Waals surface area contributed by atoms with Crippen LogP contribution in [0.15, 0.2) is 36.4 Å².